The van der Waals surface area contributed by atoms with Gasteiger partial charge in [0.1, 0.15) is 7.05 Å². The Hall–Kier alpha value is -3.73. The Morgan fingerprint density at radius 2 is 1.60 bits per heavy atom. The van der Waals surface area contributed by atoms with Crippen molar-refractivity contribution < 1.29 is 13.9 Å². The summed E-state index contributed by atoms with van der Waals surface area (Å²) in [5.41, 5.74) is 9.18. The normalized spacial score (nSPS) is 10.7. The first-order chi connectivity index (χ1) is 14.7. The molecule has 2 heterocycles. The summed E-state index contributed by atoms with van der Waals surface area (Å²) in [5, 5.41) is 2.58. The summed E-state index contributed by atoms with van der Waals surface area (Å²) in [4.78, 5) is 12.1. The average molecular weight is 399 g/mol. The number of carbonyl (C=O) groups excluding carboxylic acids is 1. The predicted octanol–water partition coefficient (Wildman–Crippen LogP) is 2.88. The number of hydrogen-bond donors (Lipinski definition) is 2. The second-order valence-electron chi connectivity index (χ2n) is 7.38. The first kappa shape index (κ1) is 19.6. The Morgan fingerprint density at radius 3 is 2.40 bits per heavy atom. The van der Waals surface area contributed by atoms with Crippen LogP contribution in [0, 0.1) is 0 Å². The smallest absolute Gasteiger partial charge is 0.298 e. The highest BCUT2D eigenvalue weighted by molar-refractivity contribution is 5.83. The molecule has 0 aliphatic carbocycles. The number of pyridine rings is 2. The van der Waals surface area contributed by atoms with Crippen LogP contribution in [0.15, 0.2) is 91.4 Å². The number of benzene rings is 2. The Labute approximate surface area is 176 Å². The van der Waals surface area contributed by atoms with Crippen LogP contribution in [0.25, 0.3) is 10.8 Å². The summed E-state index contributed by atoms with van der Waals surface area (Å²) in [5.74, 6) is -0.0984. The number of fused-ring (bicyclic) bond motifs is 1. The third-order valence-electron chi connectivity index (χ3n) is 5.23. The van der Waals surface area contributed by atoms with Crippen LogP contribution in [0.5, 0.6) is 0 Å². The molecule has 2 N–H and O–H groups in total. The van der Waals surface area contributed by atoms with E-state index in [0.717, 1.165) is 18.5 Å². The topological polar surface area (TPSA) is 48.9 Å². The van der Waals surface area contributed by atoms with Gasteiger partial charge in [-0.2, -0.15) is 4.57 Å². The van der Waals surface area contributed by atoms with Crippen LogP contribution >= 0.6 is 0 Å². The lowest BCUT2D eigenvalue weighted by Gasteiger charge is -2.08. The molecule has 5 heteroatoms. The molecular formula is C25H26N4O+2. The zero-order chi connectivity index (χ0) is 20.8. The first-order valence-electron chi connectivity index (χ1n) is 10.1. The summed E-state index contributed by atoms with van der Waals surface area (Å²) < 4.78 is 4.03. The number of amides is 1. The van der Waals surface area contributed by atoms with Crippen molar-refractivity contribution in [2.45, 2.75) is 19.4 Å². The maximum absolute atomic E-state index is 12.1. The van der Waals surface area contributed by atoms with Gasteiger partial charge < -0.3 is 0 Å². The molecule has 4 aromatic rings. The van der Waals surface area contributed by atoms with E-state index < -0.39 is 0 Å². The third kappa shape index (κ3) is 4.81. The van der Waals surface area contributed by atoms with Crippen LogP contribution in [0.4, 0.5) is 5.69 Å². The van der Waals surface area contributed by atoms with Crippen molar-refractivity contribution in [3.8, 4) is 0 Å². The molecule has 5 nitrogen and oxygen atoms in total. The Morgan fingerprint density at radius 1 is 0.833 bits per heavy atom. The van der Waals surface area contributed by atoms with Gasteiger partial charge in [0.2, 0.25) is 6.54 Å². The van der Waals surface area contributed by atoms with Crippen LogP contribution in [0.1, 0.15) is 11.3 Å². The number of anilines is 1. The van der Waals surface area contributed by atoms with Gasteiger partial charge in [0.25, 0.3) is 0 Å². The van der Waals surface area contributed by atoms with Crippen molar-refractivity contribution in [1.29, 1.82) is 0 Å². The van der Waals surface area contributed by atoms with Gasteiger partial charge in [0.05, 0.1) is 5.69 Å². The largest absolute Gasteiger partial charge is 0.304 e. The van der Waals surface area contributed by atoms with E-state index in [1.54, 1.807) is 0 Å². The zero-order valence-corrected chi connectivity index (χ0v) is 17.1. The number of carbonyl (C=O) groups is 1. The molecule has 0 aliphatic heterocycles. The SMILES string of the molecule is C[n+]1ccc2ccccc2c1CCc1ccc(NNC(=O)C[n+]2ccccc2)cc1. The minimum Gasteiger partial charge on any atom is -0.298 e. The number of rotatable bonds is 7. The summed E-state index contributed by atoms with van der Waals surface area (Å²) in [6.07, 6.45) is 7.78. The molecule has 1 amide bonds. The second-order valence-corrected chi connectivity index (χ2v) is 7.38. The van der Waals surface area contributed by atoms with Crippen LogP contribution in [-0.2, 0) is 31.2 Å². The van der Waals surface area contributed by atoms with Gasteiger partial charge in [-0.1, -0.05) is 36.4 Å². The monoisotopic (exact) mass is 398 g/mol. The molecule has 0 spiro atoms. The summed E-state index contributed by atoms with van der Waals surface area (Å²) in [6, 6.07) is 24.6. The molecule has 2 aromatic heterocycles. The fourth-order valence-corrected chi connectivity index (χ4v) is 3.59. The van der Waals surface area contributed by atoms with Gasteiger partial charge in [-0.15, -0.1) is 0 Å². The first-order valence-corrected chi connectivity index (χ1v) is 10.1. The molecule has 0 saturated heterocycles. The third-order valence-corrected chi connectivity index (χ3v) is 5.23. The van der Waals surface area contributed by atoms with Crippen LogP contribution < -0.4 is 20.0 Å². The number of nitrogens with zero attached hydrogens (tertiary/aromatic N) is 2. The van der Waals surface area contributed by atoms with E-state index in [1.807, 2.05) is 47.3 Å². The van der Waals surface area contributed by atoms with Crippen LogP contribution in [0.2, 0.25) is 0 Å². The van der Waals surface area contributed by atoms with Gasteiger partial charge in [-0.25, -0.2) is 4.57 Å². The fraction of sp³-hybridized carbons (Fsp3) is 0.160. The Kier molecular flexibility index (Phi) is 5.99. The van der Waals surface area contributed by atoms with Crippen molar-refractivity contribution in [3.05, 3.63) is 103 Å². The molecule has 0 radical (unpaired) electrons. The molecule has 0 fully saturated rings. The summed E-state index contributed by atoms with van der Waals surface area (Å²) in [7, 11) is 2.10. The van der Waals surface area contributed by atoms with Crippen molar-refractivity contribution in [1.82, 2.24) is 5.43 Å². The Bertz CT molecular complexity index is 1140. The molecule has 0 bridgehead atoms. The number of hydrazine groups is 1. The van der Waals surface area contributed by atoms with E-state index >= 15 is 0 Å². The molecule has 2 aromatic carbocycles. The summed E-state index contributed by atoms with van der Waals surface area (Å²) >= 11 is 0. The van der Waals surface area contributed by atoms with Gasteiger partial charge in [0.15, 0.2) is 24.3 Å². The quantitative estimate of drug-likeness (QED) is 0.372. The lowest BCUT2D eigenvalue weighted by molar-refractivity contribution is -0.684. The number of aryl methyl sites for hydroxylation is 3. The number of nitrogens with one attached hydrogen (secondary N) is 2. The highest BCUT2D eigenvalue weighted by Gasteiger charge is 2.12. The second kappa shape index (κ2) is 9.18. The molecule has 0 unspecified atom stereocenters. The molecule has 0 atom stereocenters. The minimum absolute atomic E-state index is 0.0984. The van der Waals surface area contributed by atoms with Crippen molar-refractivity contribution in [3.63, 3.8) is 0 Å². The Balaban J connectivity index is 1.33. The lowest BCUT2D eigenvalue weighted by Crippen LogP contribution is -2.43. The minimum atomic E-state index is -0.0984. The van der Waals surface area contributed by atoms with E-state index in [2.05, 4.69) is 71.1 Å². The molecular weight excluding hydrogens is 372 g/mol. The van der Waals surface area contributed by atoms with Crippen molar-refractivity contribution >= 4 is 22.4 Å². The maximum atomic E-state index is 12.1. The van der Waals surface area contributed by atoms with Crippen molar-refractivity contribution in [2.75, 3.05) is 5.43 Å². The highest BCUT2D eigenvalue weighted by atomic mass is 16.2. The van der Waals surface area contributed by atoms with Crippen molar-refractivity contribution in [2.24, 2.45) is 7.05 Å². The number of aromatic nitrogens is 2. The average Bonchev–Trinajstić information content (AvgIpc) is 2.78. The molecule has 0 aliphatic rings. The fourth-order valence-electron chi connectivity index (χ4n) is 3.59. The van der Waals surface area contributed by atoms with E-state index in [9.17, 15) is 4.79 Å². The van der Waals surface area contributed by atoms with Gasteiger partial charge in [0, 0.05) is 30.0 Å². The molecule has 4 rings (SSSR count). The standard InChI is InChI=1S/C25H25N4O/c1-28-18-15-21-7-3-4-8-23(21)24(28)14-11-20-9-12-22(13-10-20)26-27-25(30)19-29-16-5-2-6-17-29/h2-10,12-13,15-18,26H,11,14,19H2,1H3/q+1/p+1. The van der Waals surface area contributed by atoms with Gasteiger partial charge in [-0.3, -0.25) is 15.6 Å². The predicted molar refractivity (Wildman–Crippen MR) is 117 cm³/mol. The van der Waals surface area contributed by atoms with Crippen LogP contribution in [-0.4, -0.2) is 5.91 Å². The van der Waals surface area contributed by atoms with E-state index in [1.165, 1.54) is 22.0 Å². The van der Waals surface area contributed by atoms with Gasteiger partial charge >= 0.3 is 5.91 Å². The van der Waals surface area contributed by atoms with E-state index in [-0.39, 0.29) is 12.5 Å². The molecule has 30 heavy (non-hydrogen) atoms. The summed E-state index contributed by atoms with van der Waals surface area (Å²) in [6.45, 7) is 0.272. The lowest BCUT2D eigenvalue weighted by atomic mass is 10.0. The maximum Gasteiger partial charge on any atom is 0.304 e. The molecule has 150 valence electrons. The zero-order valence-electron chi connectivity index (χ0n) is 17.1. The van der Waals surface area contributed by atoms with E-state index in [4.69, 9.17) is 0 Å². The highest BCUT2D eigenvalue weighted by Crippen LogP contribution is 2.17. The van der Waals surface area contributed by atoms with Crippen LogP contribution in [0.3, 0.4) is 0 Å². The molecule has 0 saturated carbocycles. The van der Waals surface area contributed by atoms with Gasteiger partial charge in [-0.05, 0) is 35.6 Å². The number of hydrogen-bond acceptors (Lipinski definition) is 2. The van der Waals surface area contributed by atoms with E-state index in [0.29, 0.717) is 0 Å².